The lowest BCUT2D eigenvalue weighted by Crippen LogP contribution is -2.35. The predicted molar refractivity (Wildman–Crippen MR) is 76.6 cm³/mol. The first-order chi connectivity index (χ1) is 9.30. The van der Waals surface area contributed by atoms with Gasteiger partial charge in [0.25, 0.3) is 0 Å². The third-order valence-corrected chi connectivity index (χ3v) is 4.49. The molecule has 0 saturated heterocycles. The number of hydrogen-bond acceptors (Lipinski definition) is 4. The van der Waals surface area contributed by atoms with Gasteiger partial charge in [-0.2, -0.15) is 0 Å². The van der Waals surface area contributed by atoms with Crippen LogP contribution in [0.1, 0.15) is 50.6 Å². The van der Waals surface area contributed by atoms with Crippen LogP contribution in [-0.2, 0) is 0 Å². The number of nitrogens with two attached hydrogens (primary N) is 1. The standard InChI is InChI=1S/C15H25N3O/c1-3-11-4-6-12(7-5-11)15(18-16)13-8-9-17-10-14(13)19-2/h8-12,15,18H,3-7,16H2,1-2H3. The Morgan fingerprint density at radius 3 is 2.74 bits per heavy atom. The topological polar surface area (TPSA) is 60.2 Å². The zero-order chi connectivity index (χ0) is 13.7. The fourth-order valence-corrected chi connectivity index (χ4v) is 3.23. The summed E-state index contributed by atoms with van der Waals surface area (Å²) < 4.78 is 5.40. The second kappa shape index (κ2) is 6.87. The number of pyridine rings is 1. The molecule has 0 aromatic carbocycles. The first-order valence-electron chi connectivity index (χ1n) is 7.24. The van der Waals surface area contributed by atoms with Gasteiger partial charge >= 0.3 is 0 Å². The number of hydrazine groups is 1. The maximum absolute atomic E-state index is 5.80. The third-order valence-electron chi connectivity index (χ3n) is 4.49. The smallest absolute Gasteiger partial charge is 0.141 e. The number of aromatic nitrogens is 1. The molecule has 1 aliphatic carbocycles. The van der Waals surface area contributed by atoms with Crippen molar-refractivity contribution in [3.63, 3.8) is 0 Å². The summed E-state index contributed by atoms with van der Waals surface area (Å²) in [6.07, 6.45) is 9.96. The highest BCUT2D eigenvalue weighted by Crippen LogP contribution is 2.39. The molecule has 0 amide bonds. The summed E-state index contributed by atoms with van der Waals surface area (Å²) in [5.74, 6) is 8.11. The first kappa shape index (κ1) is 14.3. The Kier molecular flexibility index (Phi) is 5.16. The Morgan fingerprint density at radius 2 is 2.16 bits per heavy atom. The molecule has 1 unspecified atom stereocenters. The van der Waals surface area contributed by atoms with E-state index in [9.17, 15) is 0 Å². The molecule has 0 spiro atoms. The third kappa shape index (κ3) is 3.25. The van der Waals surface area contributed by atoms with Gasteiger partial charge < -0.3 is 4.74 Å². The molecule has 106 valence electrons. The van der Waals surface area contributed by atoms with Crippen molar-refractivity contribution in [3.05, 3.63) is 24.0 Å². The van der Waals surface area contributed by atoms with Crippen LogP contribution in [0.4, 0.5) is 0 Å². The van der Waals surface area contributed by atoms with E-state index in [2.05, 4.69) is 17.3 Å². The molecule has 1 atom stereocenters. The van der Waals surface area contributed by atoms with E-state index >= 15 is 0 Å². The lowest BCUT2D eigenvalue weighted by molar-refractivity contribution is 0.216. The van der Waals surface area contributed by atoms with E-state index in [0.29, 0.717) is 5.92 Å². The molecule has 19 heavy (non-hydrogen) atoms. The van der Waals surface area contributed by atoms with Crippen LogP contribution in [0.2, 0.25) is 0 Å². The van der Waals surface area contributed by atoms with Crippen LogP contribution in [-0.4, -0.2) is 12.1 Å². The summed E-state index contributed by atoms with van der Waals surface area (Å²) in [5.41, 5.74) is 4.11. The van der Waals surface area contributed by atoms with Crippen molar-refractivity contribution in [1.29, 1.82) is 0 Å². The molecule has 4 nitrogen and oxygen atoms in total. The maximum atomic E-state index is 5.80. The van der Waals surface area contributed by atoms with E-state index in [1.54, 1.807) is 19.5 Å². The van der Waals surface area contributed by atoms with Crippen LogP contribution in [0.5, 0.6) is 5.75 Å². The average Bonchev–Trinajstić information content (AvgIpc) is 2.49. The van der Waals surface area contributed by atoms with Crippen LogP contribution < -0.4 is 16.0 Å². The van der Waals surface area contributed by atoms with Crippen molar-refractivity contribution in [3.8, 4) is 5.75 Å². The highest BCUT2D eigenvalue weighted by molar-refractivity contribution is 5.33. The van der Waals surface area contributed by atoms with Gasteiger partial charge in [-0.25, -0.2) is 0 Å². The van der Waals surface area contributed by atoms with Gasteiger partial charge in [0.2, 0.25) is 0 Å². The van der Waals surface area contributed by atoms with Gasteiger partial charge in [-0.15, -0.1) is 0 Å². The molecule has 1 aromatic heterocycles. The number of methoxy groups -OCH3 is 1. The Hall–Kier alpha value is -1.13. The maximum Gasteiger partial charge on any atom is 0.141 e. The van der Waals surface area contributed by atoms with Crippen molar-refractivity contribution in [2.45, 2.75) is 45.1 Å². The minimum Gasteiger partial charge on any atom is -0.495 e. The summed E-state index contributed by atoms with van der Waals surface area (Å²) in [6, 6.07) is 2.17. The van der Waals surface area contributed by atoms with Crippen molar-refractivity contribution in [2.24, 2.45) is 17.7 Å². The van der Waals surface area contributed by atoms with Crippen LogP contribution in [0, 0.1) is 11.8 Å². The molecule has 0 bridgehead atoms. The van der Waals surface area contributed by atoms with Gasteiger partial charge in [-0.3, -0.25) is 16.3 Å². The van der Waals surface area contributed by atoms with Crippen LogP contribution in [0.3, 0.4) is 0 Å². The Bertz CT molecular complexity index is 389. The summed E-state index contributed by atoms with van der Waals surface area (Å²) in [7, 11) is 1.68. The molecule has 3 N–H and O–H groups in total. The van der Waals surface area contributed by atoms with E-state index < -0.39 is 0 Å². The lowest BCUT2D eigenvalue weighted by atomic mass is 9.76. The number of nitrogens with zero attached hydrogens (tertiary/aromatic N) is 1. The zero-order valence-corrected chi connectivity index (χ0v) is 11.9. The number of rotatable bonds is 5. The fourth-order valence-electron chi connectivity index (χ4n) is 3.23. The number of hydrogen-bond donors (Lipinski definition) is 2. The van der Waals surface area contributed by atoms with Crippen LogP contribution >= 0.6 is 0 Å². The predicted octanol–water partition coefficient (Wildman–Crippen LogP) is 2.81. The zero-order valence-electron chi connectivity index (χ0n) is 11.9. The first-order valence-corrected chi connectivity index (χ1v) is 7.24. The Balaban J connectivity index is 2.12. The van der Waals surface area contributed by atoms with Gasteiger partial charge in [0.1, 0.15) is 5.75 Å². The summed E-state index contributed by atoms with van der Waals surface area (Å²) in [5, 5.41) is 0. The average molecular weight is 263 g/mol. The van der Waals surface area contributed by atoms with Gasteiger partial charge in [0, 0.05) is 11.8 Å². The SMILES string of the molecule is CCC1CCC(C(NN)c2ccncc2OC)CC1. The van der Waals surface area contributed by atoms with Gasteiger partial charge in [-0.05, 0) is 30.7 Å². The molecule has 0 radical (unpaired) electrons. The molecule has 1 fully saturated rings. The number of ether oxygens (including phenoxy) is 1. The van der Waals surface area contributed by atoms with Gasteiger partial charge in [0.15, 0.2) is 0 Å². The van der Waals surface area contributed by atoms with E-state index in [1.165, 1.54) is 32.1 Å². The minimum absolute atomic E-state index is 0.163. The lowest BCUT2D eigenvalue weighted by Gasteiger charge is -2.33. The molecule has 1 heterocycles. The molecular formula is C15H25N3O. The van der Waals surface area contributed by atoms with E-state index in [0.717, 1.165) is 17.2 Å². The normalized spacial score (nSPS) is 25.0. The summed E-state index contributed by atoms with van der Waals surface area (Å²) in [6.45, 7) is 2.29. The van der Waals surface area contributed by atoms with Gasteiger partial charge in [-0.1, -0.05) is 26.2 Å². The van der Waals surface area contributed by atoms with Crippen molar-refractivity contribution < 1.29 is 4.74 Å². The second-order valence-electron chi connectivity index (χ2n) is 5.45. The molecule has 1 aliphatic rings. The summed E-state index contributed by atoms with van der Waals surface area (Å²) in [4.78, 5) is 4.11. The second-order valence-corrected chi connectivity index (χ2v) is 5.45. The number of nitrogens with one attached hydrogen (secondary N) is 1. The molecule has 2 rings (SSSR count). The highest BCUT2D eigenvalue weighted by atomic mass is 16.5. The van der Waals surface area contributed by atoms with Crippen molar-refractivity contribution in [1.82, 2.24) is 10.4 Å². The largest absolute Gasteiger partial charge is 0.495 e. The van der Waals surface area contributed by atoms with Crippen LogP contribution in [0.15, 0.2) is 18.5 Å². The van der Waals surface area contributed by atoms with Gasteiger partial charge in [0.05, 0.1) is 19.3 Å². The Morgan fingerprint density at radius 1 is 1.42 bits per heavy atom. The monoisotopic (exact) mass is 263 g/mol. The highest BCUT2D eigenvalue weighted by Gasteiger charge is 2.29. The molecule has 4 heteroatoms. The minimum atomic E-state index is 0.163. The summed E-state index contributed by atoms with van der Waals surface area (Å²) >= 11 is 0. The van der Waals surface area contributed by atoms with E-state index in [-0.39, 0.29) is 6.04 Å². The Labute approximate surface area is 115 Å². The molecular weight excluding hydrogens is 238 g/mol. The quantitative estimate of drug-likeness (QED) is 0.633. The van der Waals surface area contributed by atoms with E-state index in [1.807, 2.05) is 6.07 Å². The molecule has 1 saturated carbocycles. The van der Waals surface area contributed by atoms with Crippen molar-refractivity contribution in [2.75, 3.05) is 7.11 Å². The molecule has 0 aliphatic heterocycles. The fraction of sp³-hybridized carbons (Fsp3) is 0.667. The molecule has 1 aromatic rings. The van der Waals surface area contributed by atoms with Crippen molar-refractivity contribution >= 4 is 0 Å². The van der Waals surface area contributed by atoms with Crippen LogP contribution in [0.25, 0.3) is 0 Å². The van der Waals surface area contributed by atoms with E-state index in [4.69, 9.17) is 10.6 Å².